The number of aryl methyl sites for hydroxylation is 1. The summed E-state index contributed by atoms with van der Waals surface area (Å²) < 4.78 is 0. The highest BCUT2D eigenvalue weighted by Gasteiger charge is 2.04. The molecule has 0 saturated carbocycles. The fourth-order valence-electron chi connectivity index (χ4n) is 2.05. The van der Waals surface area contributed by atoms with Gasteiger partial charge in [-0.3, -0.25) is 4.79 Å². The molecule has 2 aromatic rings. The van der Waals surface area contributed by atoms with E-state index < -0.39 is 0 Å². The summed E-state index contributed by atoms with van der Waals surface area (Å²) >= 11 is 4.23. The van der Waals surface area contributed by atoms with Crippen molar-refractivity contribution in [3.63, 3.8) is 0 Å². The minimum atomic E-state index is 0.000144. The number of carbonyl (C=O) groups excluding carboxylic acids is 1. The number of carbonyl (C=O) groups is 1. The first-order valence-electron chi connectivity index (χ1n) is 6.84. The van der Waals surface area contributed by atoms with Gasteiger partial charge in [0.2, 0.25) is 5.91 Å². The highest BCUT2D eigenvalue weighted by atomic mass is 32.1. The van der Waals surface area contributed by atoms with Gasteiger partial charge in [0.1, 0.15) is 0 Å². The maximum Gasteiger partial charge on any atom is 0.228 e. The number of benzene rings is 2. The van der Waals surface area contributed by atoms with Crippen LogP contribution < -0.4 is 5.32 Å². The van der Waals surface area contributed by atoms with Gasteiger partial charge in [-0.1, -0.05) is 37.6 Å². The molecule has 20 heavy (non-hydrogen) atoms. The molecule has 2 rings (SSSR count). The Labute approximate surface area is 125 Å². The largest absolute Gasteiger partial charge is 0.326 e. The van der Waals surface area contributed by atoms with Crippen LogP contribution in [0, 0.1) is 0 Å². The molecule has 0 aromatic heterocycles. The number of nitrogens with one attached hydrogen (secondary N) is 1. The first kappa shape index (κ1) is 14.7. The van der Waals surface area contributed by atoms with Crippen LogP contribution in [0.25, 0.3) is 0 Å². The zero-order valence-corrected chi connectivity index (χ0v) is 12.5. The Bertz CT molecular complexity index is 561. The average molecular weight is 285 g/mol. The van der Waals surface area contributed by atoms with Crippen molar-refractivity contribution in [3.8, 4) is 0 Å². The fourth-order valence-corrected chi connectivity index (χ4v) is 2.20. The molecule has 0 heterocycles. The molecule has 0 bridgehead atoms. The second kappa shape index (κ2) is 7.15. The zero-order valence-electron chi connectivity index (χ0n) is 11.6. The van der Waals surface area contributed by atoms with Gasteiger partial charge in [0.25, 0.3) is 0 Å². The Morgan fingerprint density at radius 2 is 1.60 bits per heavy atom. The Kier molecular flexibility index (Phi) is 5.24. The lowest BCUT2D eigenvalue weighted by atomic mass is 10.1. The quantitative estimate of drug-likeness (QED) is 0.795. The Morgan fingerprint density at radius 1 is 1.00 bits per heavy atom. The number of rotatable bonds is 5. The van der Waals surface area contributed by atoms with E-state index in [-0.39, 0.29) is 5.91 Å². The predicted molar refractivity (Wildman–Crippen MR) is 86.5 cm³/mol. The summed E-state index contributed by atoms with van der Waals surface area (Å²) in [5.41, 5.74) is 3.14. The summed E-state index contributed by atoms with van der Waals surface area (Å²) in [7, 11) is 0. The van der Waals surface area contributed by atoms with E-state index in [9.17, 15) is 4.79 Å². The van der Waals surface area contributed by atoms with E-state index in [0.29, 0.717) is 6.42 Å². The van der Waals surface area contributed by atoms with Gasteiger partial charge in [-0.15, -0.1) is 12.6 Å². The molecule has 0 unspecified atom stereocenters. The van der Waals surface area contributed by atoms with Crippen molar-refractivity contribution < 1.29 is 4.79 Å². The van der Waals surface area contributed by atoms with Crippen LogP contribution in [0.4, 0.5) is 5.69 Å². The SMILES string of the molecule is CCCc1ccc(NC(=O)Cc2ccc(S)cc2)cc1. The second-order valence-corrected chi connectivity index (χ2v) is 5.35. The summed E-state index contributed by atoms with van der Waals surface area (Å²) in [6.45, 7) is 2.16. The molecule has 0 saturated heterocycles. The van der Waals surface area contributed by atoms with Crippen LogP contribution in [-0.4, -0.2) is 5.91 Å². The average Bonchev–Trinajstić information content (AvgIpc) is 2.44. The van der Waals surface area contributed by atoms with Crippen molar-refractivity contribution in [2.24, 2.45) is 0 Å². The third-order valence-electron chi connectivity index (χ3n) is 3.08. The lowest BCUT2D eigenvalue weighted by Gasteiger charge is -2.06. The van der Waals surface area contributed by atoms with Crippen molar-refractivity contribution >= 4 is 24.2 Å². The molecule has 0 aliphatic heterocycles. The highest BCUT2D eigenvalue weighted by Crippen LogP contribution is 2.12. The van der Waals surface area contributed by atoms with E-state index >= 15 is 0 Å². The summed E-state index contributed by atoms with van der Waals surface area (Å²) in [5.74, 6) is 0.000144. The smallest absolute Gasteiger partial charge is 0.228 e. The highest BCUT2D eigenvalue weighted by molar-refractivity contribution is 7.80. The third-order valence-corrected chi connectivity index (χ3v) is 3.38. The van der Waals surface area contributed by atoms with Gasteiger partial charge in [-0.05, 0) is 41.8 Å². The van der Waals surface area contributed by atoms with Crippen molar-refractivity contribution in [1.82, 2.24) is 0 Å². The van der Waals surface area contributed by atoms with E-state index in [2.05, 4.69) is 37.0 Å². The van der Waals surface area contributed by atoms with Crippen LogP contribution in [0.15, 0.2) is 53.4 Å². The van der Waals surface area contributed by atoms with Gasteiger partial charge >= 0.3 is 0 Å². The van der Waals surface area contributed by atoms with Crippen molar-refractivity contribution in [2.45, 2.75) is 31.1 Å². The first-order chi connectivity index (χ1) is 9.67. The van der Waals surface area contributed by atoms with Gasteiger partial charge in [0.15, 0.2) is 0 Å². The van der Waals surface area contributed by atoms with Crippen LogP contribution in [0.2, 0.25) is 0 Å². The maximum absolute atomic E-state index is 11.9. The van der Waals surface area contributed by atoms with E-state index in [4.69, 9.17) is 0 Å². The summed E-state index contributed by atoms with van der Waals surface area (Å²) in [6, 6.07) is 15.7. The lowest BCUT2D eigenvalue weighted by molar-refractivity contribution is -0.115. The Morgan fingerprint density at radius 3 is 2.20 bits per heavy atom. The van der Waals surface area contributed by atoms with Gasteiger partial charge in [0.05, 0.1) is 6.42 Å². The molecule has 0 aliphatic rings. The van der Waals surface area contributed by atoms with Gasteiger partial charge < -0.3 is 5.32 Å². The van der Waals surface area contributed by atoms with Gasteiger partial charge in [0, 0.05) is 10.6 Å². The van der Waals surface area contributed by atoms with E-state index in [1.807, 2.05) is 36.4 Å². The summed E-state index contributed by atoms with van der Waals surface area (Å²) in [5, 5.41) is 2.92. The van der Waals surface area contributed by atoms with Crippen molar-refractivity contribution in [1.29, 1.82) is 0 Å². The first-order valence-corrected chi connectivity index (χ1v) is 7.29. The molecular weight excluding hydrogens is 266 g/mol. The van der Waals surface area contributed by atoms with Crippen LogP contribution in [0.1, 0.15) is 24.5 Å². The van der Waals surface area contributed by atoms with Crippen LogP contribution in [-0.2, 0) is 17.6 Å². The standard InChI is InChI=1S/C17H19NOS/c1-2-3-13-4-8-15(9-5-13)18-17(19)12-14-6-10-16(20)11-7-14/h4-11,20H,2-3,12H2,1H3,(H,18,19). The molecule has 1 N–H and O–H groups in total. The minimum Gasteiger partial charge on any atom is -0.326 e. The number of thiol groups is 1. The van der Waals surface area contributed by atoms with Crippen LogP contribution >= 0.6 is 12.6 Å². The molecule has 0 atom stereocenters. The fraction of sp³-hybridized carbons (Fsp3) is 0.235. The van der Waals surface area contributed by atoms with E-state index in [1.165, 1.54) is 5.56 Å². The summed E-state index contributed by atoms with van der Waals surface area (Å²) in [6.07, 6.45) is 2.59. The Hall–Kier alpha value is -1.74. The molecule has 0 aliphatic carbocycles. The monoisotopic (exact) mass is 285 g/mol. The number of hydrogen-bond donors (Lipinski definition) is 2. The summed E-state index contributed by atoms with van der Waals surface area (Å²) in [4.78, 5) is 12.9. The van der Waals surface area contributed by atoms with Gasteiger partial charge in [-0.25, -0.2) is 0 Å². The number of anilines is 1. The molecule has 0 fully saturated rings. The van der Waals surface area contributed by atoms with Crippen LogP contribution in [0.5, 0.6) is 0 Å². The topological polar surface area (TPSA) is 29.1 Å². The molecule has 104 valence electrons. The lowest BCUT2D eigenvalue weighted by Crippen LogP contribution is -2.14. The molecule has 1 amide bonds. The molecule has 2 nitrogen and oxygen atoms in total. The van der Waals surface area contributed by atoms with E-state index in [0.717, 1.165) is 29.0 Å². The third kappa shape index (κ3) is 4.42. The number of hydrogen-bond acceptors (Lipinski definition) is 2. The Balaban J connectivity index is 1.92. The minimum absolute atomic E-state index is 0.000144. The maximum atomic E-state index is 11.9. The van der Waals surface area contributed by atoms with E-state index in [1.54, 1.807) is 0 Å². The normalized spacial score (nSPS) is 10.3. The molecule has 0 spiro atoms. The molecule has 2 aromatic carbocycles. The number of amides is 1. The van der Waals surface area contributed by atoms with Crippen LogP contribution in [0.3, 0.4) is 0 Å². The molecule has 3 heteroatoms. The van der Waals surface area contributed by atoms with Gasteiger partial charge in [-0.2, -0.15) is 0 Å². The predicted octanol–water partition coefficient (Wildman–Crippen LogP) is 4.11. The van der Waals surface area contributed by atoms with Crippen molar-refractivity contribution in [2.75, 3.05) is 5.32 Å². The zero-order chi connectivity index (χ0) is 14.4. The molecule has 0 radical (unpaired) electrons. The van der Waals surface area contributed by atoms with Crippen molar-refractivity contribution in [3.05, 3.63) is 59.7 Å². The molecular formula is C17H19NOS. The second-order valence-electron chi connectivity index (χ2n) is 4.84.